The summed E-state index contributed by atoms with van der Waals surface area (Å²) in [5, 5.41) is 8.92. The van der Waals surface area contributed by atoms with Gasteiger partial charge in [0.2, 0.25) is 5.91 Å². The first-order valence-electron chi connectivity index (χ1n) is 8.58. The molecule has 25 heavy (non-hydrogen) atoms. The fraction of sp³-hybridized carbons (Fsp3) is 0.474. The zero-order chi connectivity index (χ0) is 18.3. The predicted molar refractivity (Wildman–Crippen MR) is 103 cm³/mol. The van der Waals surface area contributed by atoms with Gasteiger partial charge in [0.15, 0.2) is 5.96 Å². The van der Waals surface area contributed by atoms with E-state index in [1.165, 1.54) is 0 Å². The number of aliphatic imine (C=N–C) groups is 1. The van der Waals surface area contributed by atoms with Gasteiger partial charge in [-0.3, -0.25) is 9.79 Å². The third-order valence-electron chi connectivity index (χ3n) is 3.35. The number of carbonyl (C=O) groups is 1. The largest absolute Gasteiger partial charge is 0.381 e. The highest BCUT2D eigenvalue weighted by molar-refractivity contribution is 5.95. The summed E-state index contributed by atoms with van der Waals surface area (Å²) in [5.74, 6) is 2.96. The summed E-state index contributed by atoms with van der Waals surface area (Å²) in [7, 11) is 1.67. The van der Waals surface area contributed by atoms with Gasteiger partial charge in [0, 0.05) is 38.1 Å². The highest BCUT2D eigenvalue weighted by Gasteiger charge is 2.04. The van der Waals surface area contributed by atoms with Crippen LogP contribution in [0.25, 0.3) is 0 Å². The summed E-state index contributed by atoms with van der Waals surface area (Å²) >= 11 is 0. The molecule has 0 aromatic heterocycles. The first-order valence-corrected chi connectivity index (χ1v) is 8.58. The van der Waals surface area contributed by atoms with Gasteiger partial charge in [0.25, 0.3) is 0 Å². The van der Waals surface area contributed by atoms with E-state index in [-0.39, 0.29) is 12.5 Å². The number of benzene rings is 1. The van der Waals surface area contributed by atoms with Crippen LogP contribution in [0.5, 0.6) is 0 Å². The Morgan fingerprint density at radius 1 is 1.28 bits per heavy atom. The normalized spacial score (nSPS) is 10.8. The molecule has 0 atom stereocenters. The van der Waals surface area contributed by atoms with Crippen molar-refractivity contribution in [2.75, 3.05) is 38.7 Å². The molecule has 0 spiro atoms. The van der Waals surface area contributed by atoms with Gasteiger partial charge in [-0.25, -0.2) is 0 Å². The number of guanidine groups is 1. The van der Waals surface area contributed by atoms with Gasteiger partial charge in [0.05, 0.1) is 6.54 Å². The summed E-state index contributed by atoms with van der Waals surface area (Å²) in [6, 6.07) is 7.17. The van der Waals surface area contributed by atoms with Gasteiger partial charge in [-0.2, -0.15) is 0 Å². The van der Waals surface area contributed by atoms with Crippen molar-refractivity contribution < 1.29 is 9.53 Å². The SMILES string of the molecule is C#Cc1cccc(NC(=O)CNC(=NC)NCCCOCCCC)c1. The van der Waals surface area contributed by atoms with Crippen LogP contribution in [0.1, 0.15) is 31.7 Å². The monoisotopic (exact) mass is 344 g/mol. The molecule has 0 fully saturated rings. The number of hydrogen-bond donors (Lipinski definition) is 3. The number of anilines is 1. The van der Waals surface area contributed by atoms with Crippen LogP contribution in [0, 0.1) is 12.3 Å². The number of nitrogens with zero attached hydrogens (tertiary/aromatic N) is 1. The zero-order valence-electron chi connectivity index (χ0n) is 15.1. The molecule has 0 heterocycles. The number of ether oxygens (including phenoxy) is 1. The quantitative estimate of drug-likeness (QED) is 0.263. The number of nitrogens with one attached hydrogen (secondary N) is 3. The van der Waals surface area contributed by atoms with E-state index in [2.05, 4.69) is 33.8 Å². The lowest BCUT2D eigenvalue weighted by Crippen LogP contribution is -2.41. The second-order valence-electron chi connectivity index (χ2n) is 5.45. The lowest BCUT2D eigenvalue weighted by atomic mass is 10.2. The number of amides is 1. The Bertz CT molecular complexity index is 593. The second kappa shape index (κ2) is 12.8. The molecule has 0 aliphatic heterocycles. The van der Waals surface area contributed by atoms with E-state index in [1.54, 1.807) is 25.2 Å². The zero-order valence-corrected chi connectivity index (χ0v) is 15.1. The number of carbonyl (C=O) groups excluding carboxylic acids is 1. The van der Waals surface area contributed by atoms with Crippen LogP contribution in [-0.2, 0) is 9.53 Å². The standard InChI is InChI=1S/C19H28N4O2/c1-4-6-12-25-13-8-11-21-19(20-3)22-15-18(24)23-17-10-7-9-16(5-2)14-17/h2,7,9-10,14H,4,6,8,11-13,15H2,1,3H3,(H,23,24)(H2,20,21,22). The van der Waals surface area contributed by atoms with E-state index in [1.807, 2.05) is 6.07 Å². The van der Waals surface area contributed by atoms with Crippen LogP contribution in [0.2, 0.25) is 0 Å². The maximum absolute atomic E-state index is 12.0. The van der Waals surface area contributed by atoms with E-state index < -0.39 is 0 Å². The van der Waals surface area contributed by atoms with E-state index in [0.717, 1.165) is 44.6 Å². The van der Waals surface area contributed by atoms with Crippen molar-refractivity contribution in [2.45, 2.75) is 26.2 Å². The van der Waals surface area contributed by atoms with Gasteiger partial charge in [-0.15, -0.1) is 6.42 Å². The first kappa shape index (κ1) is 20.5. The third-order valence-corrected chi connectivity index (χ3v) is 3.35. The number of hydrogen-bond acceptors (Lipinski definition) is 3. The van der Waals surface area contributed by atoms with Crippen molar-refractivity contribution in [3.8, 4) is 12.3 Å². The van der Waals surface area contributed by atoms with Crippen LogP contribution in [-0.4, -0.2) is 45.2 Å². The van der Waals surface area contributed by atoms with E-state index >= 15 is 0 Å². The van der Waals surface area contributed by atoms with Crippen LogP contribution in [0.4, 0.5) is 5.69 Å². The van der Waals surface area contributed by atoms with E-state index in [0.29, 0.717) is 11.6 Å². The predicted octanol–water partition coefficient (Wildman–Crippen LogP) is 1.98. The number of unbranched alkanes of at least 4 members (excludes halogenated alkanes) is 1. The Balaban J connectivity index is 2.23. The van der Waals surface area contributed by atoms with Gasteiger partial charge in [-0.05, 0) is 31.0 Å². The minimum atomic E-state index is -0.167. The van der Waals surface area contributed by atoms with Crippen LogP contribution < -0.4 is 16.0 Å². The summed E-state index contributed by atoms with van der Waals surface area (Å²) in [6.07, 6.45) is 8.47. The van der Waals surface area contributed by atoms with Gasteiger partial charge in [0.1, 0.15) is 0 Å². The number of rotatable bonds is 10. The molecule has 0 saturated carbocycles. The van der Waals surface area contributed by atoms with Gasteiger partial charge >= 0.3 is 0 Å². The molecule has 136 valence electrons. The smallest absolute Gasteiger partial charge is 0.243 e. The highest BCUT2D eigenvalue weighted by atomic mass is 16.5. The minimum absolute atomic E-state index is 0.118. The van der Waals surface area contributed by atoms with E-state index in [9.17, 15) is 4.79 Å². The maximum Gasteiger partial charge on any atom is 0.243 e. The minimum Gasteiger partial charge on any atom is -0.381 e. The Morgan fingerprint density at radius 3 is 2.80 bits per heavy atom. The Kier molecular flexibility index (Phi) is 10.5. The van der Waals surface area contributed by atoms with Crippen molar-refractivity contribution in [2.24, 2.45) is 4.99 Å². The average Bonchev–Trinajstić information content (AvgIpc) is 2.63. The van der Waals surface area contributed by atoms with Crippen molar-refractivity contribution in [3.05, 3.63) is 29.8 Å². The molecule has 6 nitrogen and oxygen atoms in total. The molecular weight excluding hydrogens is 316 g/mol. The highest BCUT2D eigenvalue weighted by Crippen LogP contribution is 2.09. The molecule has 0 aliphatic carbocycles. The van der Waals surface area contributed by atoms with Crippen molar-refractivity contribution in [1.82, 2.24) is 10.6 Å². The lowest BCUT2D eigenvalue weighted by molar-refractivity contribution is -0.115. The fourth-order valence-corrected chi connectivity index (χ4v) is 2.01. The molecule has 0 aliphatic rings. The van der Waals surface area contributed by atoms with Crippen LogP contribution >= 0.6 is 0 Å². The Hall–Kier alpha value is -2.52. The van der Waals surface area contributed by atoms with Gasteiger partial charge < -0.3 is 20.7 Å². The lowest BCUT2D eigenvalue weighted by Gasteiger charge is -2.12. The molecule has 0 unspecified atom stereocenters. The fourth-order valence-electron chi connectivity index (χ4n) is 2.01. The molecule has 1 rings (SSSR count). The van der Waals surface area contributed by atoms with Crippen molar-refractivity contribution >= 4 is 17.6 Å². The second-order valence-corrected chi connectivity index (χ2v) is 5.45. The molecule has 6 heteroatoms. The molecule has 0 saturated heterocycles. The van der Waals surface area contributed by atoms with Crippen LogP contribution in [0.3, 0.4) is 0 Å². The van der Waals surface area contributed by atoms with Gasteiger partial charge in [-0.1, -0.05) is 25.3 Å². The molecule has 1 amide bonds. The summed E-state index contributed by atoms with van der Waals surface area (Å²) in [5.41, 5.74) is 1.40. The maximum atomic E-state index is 12.0. The van der Waals surface area contributed by atoms with Crippen molar-refractivity contribution in [1.29, 1.82) is 0 Å². The summed E-state index contributed by atoms with van der Waals surface area (Å²) in [6.45, 7) is 4.52. The molecule has 0 bridgehead atoms. The molecule has 0 radical (unpaired) electrons. The average molecular weight is 344 g/mol. The first-order chi connectivity index (χ1) is 12.2. The number of terminal acetylenes is 1. The summed E-state index contributed by atoms with van der Waals surface area (Å²) in [4.78, 5) is 16.1. The molecular formula is C19H28N4O2. The van der Waals surface area contributed by atoms with Crippen LogP contribution in [0.15, 0.2) is 29.3 Å². The van der Waals surface area contributed by atoms with E-state index in [4.69, 9.17) is 11.2 Å². The molecule has 3 N–H and O–H groups in total. The third kappa shape index (κ3) is 9.38. The Labute approximate surface area is 150 Å². The topological polar surface area (TPSA) is 74.8 Å². The molecule has 1 aromatic carbocycles. The Morgan fingerprint density at radius 2 is 2.08 bits per heavy atom. The van der Waals surface area contributed by atoms with Crippen molar-refractivity contribution in [3.63, 3.8) is 0 Å². The summed E-state index contributed by atoms with van der Waals surface area (Å²) < 4.78 is 5.49. The molecule has 1 aromatic rings.